The number of hydrogen-bond donors (Lipinski definition) is 2. The van der Waals surface area contributed by atoms with Gasteiger partial charge in [-0.15, -0.1) is 0 Å². The second-order valence-corrected chi connectivity index (χ2v) is 4.22. The number of nitrogens with one attached hydrogen (secondary N) is 1. The van der Waals surface area contributed by atoms with E-state index in [1.165, 1.54) is 0 Å². The van der Waals surface area contributed by atoms with E-state index in [4.69, 9.17) is 0 Å². The van der Waals surface area contributed by atoms with Crippen LogP contribution in [0.2, 0.25) is 0 Å². The van der Waals surface area contributed by atoms with Gasteiger partial charge in [-0.05, 0) is 18.9 Å². The van der Waals surface area contributed by atoms with E-state index in [0.29, 0.717) is 12.5 Å². The minimum Gasteiger partial charge on any atom is -0.481 e. The lowest BCUT2D eigenvalue weighted by molar-refractivity contribution is -0.147. The van der Waals surface area contributed by atoms with Crippen molar-refractivity contribution < 1.29 is 9.90 Å². The summed E-state index contributed by atoms with van der Waals surface area (Å²) in [6.45, 7) is 0.409. The molecule has 1 saturated carbocycles. The van der Waals surface area contributed by atoms with Crippen molar-refractivity contribution in [1.82, 2.24) is 9.97 Å². The summed E-state index contributed by atoms with van der Waals surface area (Å²) in [7, 11) is 0. The molecule has 0 unspecified atom stereocenters. The van der Waals surface area contributed by atoms with Crippen LogP contribution >= 0.6 is 0 Å². The predicted octanol–water partition coefficient (Wildman–Crippen LogP) is 1.53. The van der Waals surface area contributed by atoms with Crippen LogP contribution in [0.4, 0.5) is 5.95 Å². The summed E-state index contributed by atoms with van der Waals surface area (Å²) in [4.78, 5) is 19.3. The van der Waals surface area contributed by atoms with Crippen molar-refractivity contribution in [3.05, 3.63) is 18.5 Å². The van der Waals surface area contributed by atoms with Crippen LogP contribution in [0.25, 0.3) is 0 Å². The zero-order valence-electron chi connectivity index (χ0n) is 9.02. The van der Waals surface area contributed by atoms with E-state index in [0.717, 1.165) is 25.7 Å². The minimum absolute atomic E-state index is 0.409. The molecule has 0 amide bonds. The Morgan fingerprint density at radius 2 is 2.00 bits per heavy atom. The molecule has 0 bridgehead atoms. The van der Waals surface area contributed by atoms with Gasteiger partial charge in [0.25, 0.3) is 0 Å². The highest BCUT2D eigenvalue weighted by Gasteiger charge is 2.41. The number of rotatable bonds is 4. The fourth-order valence-electron chi connectivity index (χ4n) is 2.16. The lowest BCUT2D eigenvalue weighted by atomic mass is 9.86. The summed E-state index contributed by atoms with van der Waals surface area (Å²) >= 11 is 0. The first-order valence-corrected chi connectivity index (χ1v) is 5.47. The van der Waals surface area contributed by atoms with Crippen LogP contribution in [-0.2, 0) is 4.79 Å². The number of aliphatic carboxylic acids is 1. The molecule has 2 N–H and O–H groups in total. The zero-order valence-corrected chi connectivity index (χ0v) is 9.02. The molecule has 0 spiro atoms. The highest BCUT2D eigenvalue weighted by atomic mass is 16.4. The van der Waals surface area contributed by atoms with Gasteiger partial charge in [0.15, 0.2) is 0 Å². The summed E-state index contributed by atoms with van der Waals surface area (Å²) in [5, 5.41) is 12.3. The Hall–Kier alpha value is -1.65. The Morgan fingerprint density at radius 3 is 2.56 bits per heavy atom. The first-order chi connectivity index (χ1) is 7.73. The molecule has 1 heterocycles. The lowest BCUT2D eigenvalue weighted by Crippen LogP contribution is -2.35. The van der Waals surface area contributed by atoms with Gasteiger partial charge in [-0.3, -0.25) is 4.79 Å². The number of carboxylic acid groups (broad SMARTS) is 1. The Morgan fingerprint density at radius 1 is 1.38 bits per heavy atom. The van der Waals surface area contributed by atoms with Crippen LogP contribution in [0, 0.1) is 5.41 Å². The van der Waals surface area contributed by atoms with Gasteiger partial charge >= 0.3 is 5.97 Å². The van der Waals surface area contributed by atoms with Crippen LogP contribution in [0.15, 0.2) is 18.5 Å². The Bertz CT molecular complexity index is 361. The molecule has 5 heteroatoms. The summed E-state index contributed by atoms with van der Waals surface area (Å²) in [6.07, 6.45) is 6.73. The minimum atomic E-state index is -0.714. The van der Waals surface area contributed by atoms with Crippen molar-refractivity contribution >= 4 is 11.9 Å². The third kappa shape index (κ3) is 2.13. The van der Waals surface area contributed by atoms with Gasteiger partial charge in [-0.2, -0.15) is 0 Å². The molecule has 1 aliphatic rings. The monoisotopic (exact) mass is 221 g/mol. The summed E-state index contributed by atoms with van der Waals surface area (Å²) in [5.41, 5.74) is -0.626. The van der Waals surface area contributed by atoms with Gasteiger partial charge in [0.2, 0.25) is 5.95 Å². The smallest absolute Gasteiger partial charge is 0.311 e. The second kappa shape index (κ2) is 4.47. The second-order valence-electron chi connectivity index (χ2n) is 4.22. The van der Waals surface area contributed by atoms with Crippen molar-refractivity contribution in [3.8, 4) is 0 Å². The summed E-state index contributed by atoms with van der Waals surface area (Å²) in [5.74, 6) is -0.219. The Balaban J connectivity index is 2.00. The van der Waals surface area contributed by atoms with Crippen LogP contribution in [0.5, 0.6) is 0 Å². The van der Waals surface area contributed by atoms with E-state index in [1.807, 2.05) is 0 Å². The van der Waals surface area contributed by atoms with Gasteiger partial charge in [-0.25, -0.2) is 9.97 Å². The molecular weight excluding hydrogens is 206 g/mol. The maximum absolute atomic E-state index is 11.3. The highest BCUT2D eigenvalue weighted by molar-refractivity contribution is 5.75. The molecule has 0 saturated heterocycles. The van der Waals surface area contributed by atoms with Crippen LogP contribution < -0.4 is 5.32 Å². The molecule has 1 aromatic heterocycles. The predicted molar refractivity (Wildman–Crippen MR) is 59.1 cm³/mol. The van der Waals surface area contributed by atoms with E-state index < -0.39 is 11.4 Å². The van der Waals surface area contributed by atoms with Gasteiger partial charge in [0, 0.05) is 18.9 Å². The number of hydrogen-bond acceptors (Lipinski definition) is 4. The van der Waals surface area contributed by atoms with E-state index in [-0.39, 0.29) is 0 Å². The summed E-state index contributed by atoms with van der Waals surface area (Å²) < 4.78 is 0. The maximum Gasteiger partial charge on any atom is 0.311 e. The number of carboxylic acids is 1. The maximum atomic E-state index is 11.3. The lowest BCUT2D eigenvalue weighted by Gasteiger charge is -2.23. The molecule has 16 heavy (non-hydrogen) atoms. The quantitative estimate of drug-likeness (QED) is 0.806. The molecule has 86 valence electrons. The third-order valence-electron chi connectivity index (χ3n) is 3.17. The van der Waals surface area contributed by atoms with Gasteiger partial charge < -0.3 is 10.4 Å². The first-order valence-electron chi connectivity index (χ1n) is 5.47. The number of nitrogens with zero attached hydrogens (tertiary/aromatic N) is 2. The van der Waals surface area contributed by atoms with Gasteiger partial charge in [-0.1, -0.05) is 12.8 Å². The topological polar surface area (TPSA) is 75.1 Å². The molecule has 0 atom stereocenters. The van der Waals surface area contributed by atoms with Crippen molar-refractivity contribution in [3.63, 3.8) is 0 Å². The molecular formula is C11H15N3O2. The SMILES string of the molecule is O=C(O)C1(CNc2ncccn2)CCCC1. The Kier molecular flexibility index (Phi) is 3.03. The molecule has 0 aromatic carbocycles. The first kappa shape index (κ1) is 10.9. The summed E-state index contributed by atoms with van der Waals surface area (Å²) in [6, 6.07) is 1.73. The molecule has 5 nitrogen and oxygen atoms in total. The molecule has 2 rings (SSSR count). The third-order valence-corrected chi connectivity index (χ3v) is 3.17. The highest BCUT2D eigenvalue weighted by Crippen LogP contribution is 2.38. The average Bonchev–Trinajstić information content (AvgIpc) is 2.78. The largest absolute Gasteiger partial charge is 0.481 e. The zero-order chi connectivity index (χ0) is 11.4. The van der Waals surface area contributed by atoms with E-state index >= 15 is 0 Å². The average molecular weight is 221 g/mol. The van der Waals surface area contributed by atoms with Crippen LogP contribution in [-0.4, -0.2) is 27.6 Å². The van der Waals surface area contributed by atoms with Gasteiger partial charge in [0.05, 0.1) is 5.41 Å². The molecule has 0 aliphatic heterocycles. The van der Waals surface area contributed by atoms with E-state index in [9.17, 15) is 9.90 Å². The van der Waals surface area contributed by atoms with E-state index in [2.05, 4.69) is 15.3 Å². The molecule has 1 aromatic rings. The van der Waals surface area contributed by atoms with Gasteiger partial charge in [0.1, 0.15) is 0 Å². The number of aromatic nitrogens is 2. The molecule has 0 radical (unpaired) electrons. The molecule has 1 aliphatic carbocycles. The normalized spacial score (nSPS) is 18.2. The van der Waals surface area contributed by atoms with Crippen molar-refractivity contribution in [2.24, 2.45) is 5.41 Å². The number of anilines is 1. The van der Waals surface area contributed by atoms with Crippen molar-refractivity contribution in [1.29, 1.82) is 0 Å². The standard InChI is InChI=1S/C11H15N3O2/c15-9(16)11(4-1-2-5-11)8-14-10-12-6-3-7-13-10/h3,6-7H,1-2,4-5,8H2,(H,15,16)(H,12,13,14). The fourth-order valence-corrected chi connectivity index (χ4v) is 2.16. The van der Waals surface area contributed by atoms with Crippen LogP contribution in [0.3, 0.4) is 0 Å². The number of carbonyl (C=O) groups is 1. The Labute approximate surface area is 93.9 Å². The molecule has 1 fully saturated rings. The van der Waals surface area contributed by atoms with Crippen LogP contribution in [0.1, 0.15) is 25.7 Å². The van der Waals surface area contributed by atoms with Crippen molar-refractivity contribution in [2.45, 2.75) is 25.7 Å². The fraction of sp³-hybridized carbons (Fsp3) is 0.545. The van der Waals surface area contributed by atoms with Crippen molar-refractivity contribution in [2.75, 3.05) is 11.9 Å². The van der Waals surface area contributed by atoms with E-state index in [1.54, 1.807) is 18.5 Å².